The lowest BCUT2D eigenvalue weighted by Crippen LogP contribution is -2.31. The number of carbonyl (C=O) groups is 1. The number of carbonyl (C=O) groups excluding carboxylic acids is 1. The molecule has 2 heterocycles. The van der Waals surface area contributed by atoms with E-state index in [1.54, 1.807) is 6.07 Å². The monoisotopic (exact) mass is 376 g/mol. The van der Waals surface area contributed by atoms with E-state index in [1.165, 1.54) is 13.3 Å². The predicted molar refractivity (Wildman–Crippen MR) is 107 cm³/mol. The molecule has 0 radical (unpaired) electrons. The van der Waals surface area contributed by atoms with Crippen LogP contribution in [0.15, 0.2) is 48.8 Å². The van der Waals surface area contributed by atoms with Gasteiger partial charge in [-0.15, -0.1) is 0 Å². The highest BCUT2D eigenvalue weighted by atomic mass is 16.3. The minimum absolute atomic E-state index is 0.127. The molecule has 0 saturated heterocycles. The third-order valence-corrected chi connectivity index (χ3v) is 4.48. The van der Waals surface area contributed by atoms with Gasteiger partial charge in [0.25, 0.3) is 0 Å². The van der Waals surface area contributed by atoms with Gasteiger partial charge in [-0.2, -0.15) is 4.98 Å². The normalized spacial score (nSPS) is 13.0. The molecular formula is C20H20N6O2. The number of anilines is 4. The molecule has 0 atom stereocenters. The Balaban J connectivity index is 1.51. The molecule has 1 amide bonds. The van der Waals surface area contributed by atoms with E-state index in [2.05, 4.69) is 30.5 Å². The van der Waals surface area contributed by atoms with Crippen molar-refractivity contribution in [3.05, 3.63) is 59.9 Å². The number of hydrogen-bond acceptors (Lipinski definition) is 7. The molecule has 0 bridgehead atoms. The fraction of sp³-hybridized carbons (Fsp3) is 0.200. The number of fused-ring (bicyclic) bond motifs is 1. The second-order valence-corrected chi connectivity index (χ2v) is 6.62. The number of amides is 1. The van der Waals surface area contributed by atoms with Crippen LogP contribution in [-0.2, 0) is 17.8 Å². The summed E-state index contributed by atoms with van der Waals surface area (Å²) >= 11 is 0. The third-order valence-electron chi connectivity index (χ3n) is 4.48. The second kappa shape index (κ2) is 7.51. The smallest absolute Gasteiger partial charge is 0.232 e. The summed E-state index contributed by atoms with van der Waals surface area (Å²) in [7, 11) is 0. The van der Waals surface area contributed by atoms with Gasteiger partial charge in [0.05, 0.1) is 0 Å². The molecule has 1 aliphatic heterocycles. The van der Waals surface area contributed by atoms with Crippen molar-refractivity contribution in [1.29, 1.82) is 0 Å². The number of nitrogens with one attached hydrogen (secondary N) is 2. The summed E-state index contributed by atoms with van der Waals surface area (Å²) in [4.78, 5) is 26.3. The van der Waals surface area contributed by atoms with Gasteiger partial charge in [-0.25, -0.2) is 9.97 Å². The Labute approximate surface area is 162 Å². The van der Waals surface area contributed by atoms with Gasteiger partial charge in [0, 0.05) is 31.4 Å². The Hall–Kier alpha value is -3.68. The highest BCUT2D eigenvalue weighted by Crippen LogP contribution is 2.26. The Morgan fingerprint density at radius 1 is 1.11 bits per heavy atom. The van der Waals surface area contributed by atoms with Crippen molar-refractivity contribution in [2.24, 2.45) is 0 Å². The van der Waals surface area contributed by atoms with Crippen LogP contribution in [0.4, 0.5) is 23.3 Å². The van der Waals surface area contributed by atoms with Crippen LogP contribution >= 0.6 is 0 Å². The van der Waals surface area contributed by atoms with Crippen LogP contribution in [0.3, 0.4) is 0 Å². The number of nitrogens with zero attached hydrogens (tertiary/aromatic N) is 4. The molecule has 1 aromatic heterocycles. The quantitative estimate of drug-likeness (QED) is 0.643. The largest absolute Gasteiger partial charge is 0.508 e. The van der Waals surface area contributed by atoms with Crippen LogP contribution in [-0.4, -0.2) is 32.5 Å². The first-order valence-electron chi connectivity index (χ1n) is 8.96. The van der Waals surface area contributed by atoms with Crippen LogP contribution in [0.2, 0.25) is 0 Å². The van der Waals surface area contributed by atoms with E-state index < -0.39 is 0 Å². The summed E-state index contributed by atoms with van der Waals surface area (Å²) in [5.74, 6) is 1.19. The lowest BCUT2D eigenvalue weighted by Gasteiger charge is -2.28. The average Bonchev–Trinajstić information content (AvgIpc) is 2.67. The molecule has 8 nitrogen and oxygen atoms in total. The second-order valence-electron chi connectivity index (χ2n) is 6.62. The van der Waals surface area contributed by atoms with Gasteiger partial charge in [-0.1, -0.05) is 12.1 Å². The summed E-state index contributed by atoms with van der Waals surface area (Å²) in [6, 6.07) is 12.8. The van der Waals surface area contributed by atoms with Gasteiger partial charge in [0.1, 0.15) is 12.1 Å². The third kappa shape index (κ3) is 4.01. The number of aromatic hydroxyl groups is 1. The summed E-state index contributed by atoms with van der Waals surface area (Å²) in [5, 5.41) is 15.5. The fourth-order valence-electron chi connectivity index (χ4n) is 3.22. The maximum absolute atomic E-state index is 11.2. The van der Waals surface area contributed by atoms with Gasteiger partial charge >= 0.3 is 0 Å². The van der Waals surface area contributed by atoms with E-state index >= 15 is 0 Å². The molecule has 0 spiro atoms. The number of phenols is 1. The zero-order valence-corrected chi connectivity index (χ0v) is 15.4. The van der Waals surface area contributed by atoms with Crippen molar-refractivity contribution in [2.45, 2.75) is 19.9 Å². The van der Waals surface area contributed by atoms with E-state index in [9.17, 15) is 9.90 Å². The highest BCUT2D eigenvalue weighted by Gasteiger charge is 2.19. The molecule has 0 saturated carbocycles. The van der Waals surface area contributed by atoms with Crippen molar-refractivity contribution in [1.82, 2.24) is 15.0 Å². The van der Waals surface area contributed by atoms with Crippen molar-refractivity contribution in [3.8, 4) is 5.75 Å². The Bertz CT molecular complexity index is 1020. The first-order chi connectivity index (χ1) is 13.6. The molecule has 142 valence electrons. The molecule has 0 fully saturated rings. The molecule has 2 aromatic carbocycles. The predicted octanol–water partition coefficient (Wildman–Crippen LogP) is 2.84. The average molecular weight is 376 g/mol. The number of rotatable bonds is 4. The van der Waals surface area contributed by atoms with E-state index in [-0.39, 0.29) is 5.91 Å². The Morgan fingerprint density at radius 2 is 1.96 bits per heavy atom. The lowest BCUT2D eigenvalue weighted by atomic mass is 10.00. The summed E-state index contributed by atoms with van der Waals surface area (Å²) in [6.07, 6.45) is 2.30. The number of hydrogen-bond donors (Lipinski definition) is 3. The molecule has 0 aliphatic carbocycles. The van der Waals surface area contributed by atoms with Crippen LogP contribution in [0, 0.1) is 0 Å². The van der Waals surface area contributed by atoms with E-state index in [0.29, 0.717) is 29.9 Å². The first kappa shape index (κ1) is 17.7. The zero-order valence-electron chi connectivity index (χ0n) is 15.4. The van der Waals surface area contributed by atoms with E-state index in [0.717, 1.165) is 29.8 Å². The lowest BCUT2D eigenvalue weighted by molar-refractivity contribution is -0.114. The fourth-order valence-corrected chi connectivity index (χ4v) is 3.22. The van der Waals surface area contributed by atoms with Gasteiger partial charge < -0.3 is 20.6 Å². The Morgan fingerprint density at radius 3 is 2.82 bits per heavy atom. The standard InChI is InChI=1S/C20H20N6O2/c1-13(27)23-16-3-2-4-17(10-16)24-19-21-12-22-20(25-19)26-8-7-14-9-18(28)6-5-15(14)11-26/h2-6,9-10,12,28H,7-8,11H2,1H3,(H,23,27)(H,21,22,24,25). The first-order valence-corrected chi connectivity index (χ1v) is 8.96. The summed E-state index contributed by atoms with van der Waals surface area (Å²) in [5.41, 5.74) is 3.77. The van der Waals surface area contributed by atoms with Crippen LogP contribution in [0.25, 0.3) is 0 Å². The molecule has 8 heteroatoms. The molecular weight excluding hydrogens is 356 g/mol. The van der Waals surface area contributed by atoms with Crippen molar-refractivity contribution in [3.63, 3.8) is 0 Å². The van der Waals surface area contributed by atoms with Crippen LogP contribution in [0.1, 0.15) is 18.1 Å². The minimum atomic E-state index is -0.127. The Kier molecular flexibility index (Phi) is 4.76. The minimum Gasteiger partial charge on any atom is -0.508 e. The zero-order chi connectivity index (χ0) is 19.5. The van der Waals surface area contributed by atoms with Crippen molar-refractivity contribution in [2.75, 3.05) is 22.1 Å². The summed E-state index contributed by atoms with van der Waals surface area (Å²) in [6.45, 7) is 2.91. The molecule has 0 unspecified atom stereocenters. The number of aromatic nitrogens is 3. The van der Waals surface area contributed by atoms with Gasteiger partial charge in [-0.05, 0) is 47.9 Å². The maximum Gasteiger partial charge on any atom is 0.232 e. The van der Waals surface area contributed by atoms with E-state index in [1.807, 2.05) is 36.4 Å². The van der Waals surface area contributed by atoms with Gasteiger partial charge in [-0.3, -0.25) is 4.79 Å². The molecule has 3 aromatic rings. The van der Waals surface area contributed by atoms with Crippen molar-refractivity contribution >= 4 is 29.2 Å². The SMILES string of the molecule is CC(=O)Nc1cccc(Nc2ncnc(N3CCc4cc(O)ccc4C3)n2)c1. The highest BCUT2D eigenvalue weighted by molar-refractivity contribution is 5.89. The molecule has 28 heavy (non-hydrogen) atoms. The van der Waals surface area contributed by atoms with Gasteiger partial charge in [0.2, 0.25) is 17.8 Å². The molecule has 3 N–H and O–H groups in total. The maximum atomic E-state index is 11.2. The number of phenolic OH excluding ortho intramolecular Hbond substituents is 1. The summed E-state index contributed by atoms with van der Waals surface area (Å²) < 4.78 is 0. The molecule has 4 rings (SSSR count). The van der Waals surface area contributed by atoms with Crippen molar-refractivity contribution < 1.29 is 9.90 Å². The van der Waals surface area contributed by atoms with Gasteiger partial charge in [0.15, 0.2) is 0 Å². The van der Waals surface area contributed by atoms with Crippen LogP contribution < -0.4 is 15.5 Å². The van der Waals surface area contributed by atoms with E-state index in [4.69, 9.17) is 0 Å². The van der Waals surface area contributed by atoms with Crippen LogP contribution in [0.5, 0.6) is 5.75 Å². The number of benzene rings is 2. The topological polar surface area (TPSA) is 103 Å². The molecule has 1 aliphatic rings.